The van der Waals surface area contributed by atoms with Crippen molar-refractivity contribution in [3.63, 3.8) is 0 Å². The van der Waals surface area contributed by atoms with Crippen LogP contribution in [0.2, 0.25) is 5.02 Å². The molecule has 16 nitrogen and oxygen atoms in total. The minimum absolute atomic E-state index is 0.0256. The number of fused-ring (bicyclic) bond motifs is 4. The van der Waals surface area contributed by atoms with E-state index in [4.69, 9.17) is 11.6 Å². The molecule has 2 unspecified atom stereocenters. The Bertz CT molecular complexity index is 3540. The molecule has 0 saturated heterocycles. The van der Waals surface area contributed by atoms with E-state index in [2.05, 4.69) is 60.5 Å². The van der Waals surface area contributed by atoms with Crippen LogP contribution >= 0.6 is 11.6 Å². The van der Waals surface area contributed by atoms with Crippen LogP contribution in [0.5, 0.6) is 0 Å². The molecule has 22 heteroatoms. The molecule has 0 saturated carbocycles. The molecular weight excluding hydrogens is 875 g/mol. The largest absolute Gasteiger partial charge is 0.358 e. The Hall–Kier alpha value is -8.20. The van der Waals surface area contributed by atoms with Gasteiger partial charge in [-0.2, -0.15) is 0 Å². The first kappa shape index (κ1) is 42.1. The lowest BCUT2D eigenvalue weighted by molar-refractivity contribution is 0.553. The molecule has 326 valence electrons. The van der Waals surface area contributed by atoms with E-state index >= 15 is 0 Å². The summed E-state index contributed by atoms with van der Waals surface area (Å²) in [6.07, 6.45) is 6.04. The molecule has 65 heavy (non-hydrogen) atoms. The van der Waals surface area contributed by atoms with E-state index in [9.17, 15) is 31.5 Å². The summed E-state index contributed by atoms with van der Waals surface area (Å²) in [6, 6.07) is 13.2. The molecule has 6 aromatic heterocycles. The quantitative estimate of drug-likeness (QED) is 0.101. The molecule has 0 spiro atoms. The zero-order chi connectivity index (χ0) is 45.5. The summed E-state index contributed by atoms with van der Waals surface area (Å²) in [5.74, 6) is -3.18. The average molecular weight is 905 g/mol. The maximum absolute atomic E-state index is 14.8. The number of nitrogens with zero attached hydrogens (tertiary/aromatic N) is 10. The minimum atomic E-state index is -0.905. The highest BCUT2D eigenvalue weighted by molar-refractivity contribution is 6.35. The minimum Gasteiger partial charge on any atom is -0.358 e. The van der Waals surface area contributed by atoms with Crippen LogP contribution in [-0.2, 0) is 0 Å². The number of imidazole rings is 2. The summed E-state index contributed by atoms with van der Waals surface area (Å²) >= 11 is 6.26. The van der Waals surface area contributed by atoms with Gasteiger partial charge >= 0.3 is 0 Å². The molecule has 10 aromatic rings. The third kappa shape index (κ3) is 7.92. The third-order valence-corrected chi connectivity index (χ3v) is 10.5. The molecule has 10 rings (SSSR count). The molecule has 0 aliphatic carbocycles. The summed E-state index contributed by atoms with van der Waals surface area (Å²) in [4.78, 5) is 66.7. The Balaban J connectivity index is 0.000000164. The van der Waals surface area contributed by atoms with Crippen molar-refractivity contribution in [3.05, 3.63) is 165 Å². The van der Waals surface area contributed by atoms with Gasteiger partial charge in [0.2, 0.25) is 0 Å². The Morgan fingerprint density at radius 2 is 1.28 bits per heavy atom. The number of hydrogen-bond donors (Lipinski definition) is 4. The topological polar surface area (TPSA) is 203 Å². The SMILES string of the molecule is CC(Nc1ncnc2[nH]cnc12)c1nc2ccc(F)cc2c(=O)n1-c1cc(F)cc(F)c1.CCC(Nc1ncnc2[nH]cnc12)c1nc2cccc(Cl)c2c(=O)n1-c1c(F)cccc1F. The van der Waals surface area contributed by atoms with Gasteiger partial charge in [0.1, 0.15) is 70.1 Å². The van der Waals surface area contributed by atoms with Crippen molar-refractivity contribution >= 4 is 67.4 Å². The summed E-state index contributed by atoms with van der Waals surface area (Å²) in [5, 5.41) is 6.49. The highest BCUT2D eigenvalue weighted by Gasteiger charge is 2.26. The van der Waals surface area contributed by atoms with Crippen molar-refractivity contribution in [3.8, 4) is 11.4 Å². The van der Waals surface area contributed by atoms with Crippen LogP contribution in [0.3, 0.4) is 0 Å². The van der Waals surface area contributed by atoms with E-state index in [1.807, 2.05) is 6.92 Å². The molecule has 0 aliphatic heterocycles. The van der Waals surface area contributed by atoms with Crippen molar-refractivity contribution in [2.24, 2.45) is 0 Å². The Morgan fingerprint density at radius 1 is 0.662 bits per heavy atom. The van der Waals surface area contributed by atoms with Crippen LogP contribution in [0.4, 0.5) is 33.6 Å². The van der Waals surface area contributed by atoms with Gasteiger partial charge in [-0.05, 0) is 67.9 Å². The molecule has 0 amide bonds. The standard InChI is InChI=1S/C22H16ClF2N7O.C21H14F3N7O/c1-2-14(30-20-17-19(27-9-26-17)28-10-29-20)21-31-15-8-3-5-11(23)16(15)22(33)32(21)18-12(24)6-4-7-13(18)25;1-10(29-19-17-18(26-8-25-17)27-9-28-19)20-30-16-3-2-11(22)7-15(16)21(32)31(20)14-5-12(23)4-13(24)6-14/h3-10,14H,2H2,1H3,(H2,26,27,28,29,30);2-10H,1H3,(H2,25,26,27,28,29). The van der Waals surface area contributed by atoms with Crippen LogP contribution < -0.4 is 21.8 Å². The van der Waals surface area contributed by atoms with Crippen molar-refractivity contribution in [2.75, 3.05) is 10.6 Å². The molecule has 0 fully saturated rings. The number of para-hydroxylation sites is 1. The lowest BCUT2D eigenvalue weighted by Gasteiger charge is -2.22. The molecular formula is C43H30ClF5N14O2. The first-order chi connectivity index (χ1) is 31.4. The van der Waals surface area contributed by atoms with E-state index in [-0.39, 0.29) is 38.6 Å². The number of halogens is 6. The van der Waals surface area contributed by atoms with Gasteiger partial charge in [0.15, 0.2) is 22.9 Å². The fraction of sp³-hybridized carbons (Fsp3) is 0.116. The third-order valence-electron chi connectivity index (χ3n) is 10.2. The summed E-state index contributed by atoms with van der Waals surface area (Å²) in [5.41, 5.74) is 0.539. The van der Waals surface area contributed by atoms with Crippen LogP contribution in [0, 0.1) is 29.1 Å². The molecule has 0 radical (unpaired) electrons. The highest BCUT2D eigenvalue weighted by Crippen LogP contribution is 2.30. The van der Waals surface area contributed by atoms with Gasteiger partial charge in [-0.1, -0.05) is 30.7 Å². The first-order valence-electron chi connectivity index (χ1n) is 19.6. The number of aromatic nitrogens is 12. The fourth-order valence-corrected chi connectivity index (χ4v) is 7.52. The first-order valence-corrected chi connectivity index (χ1v) is 19.9. The van der Waals surface area contributed by atoms with Gasteiger partial charge in [0.25, 0.3) is 11.1 Å². The van der Waals surface area contributed by atoms with Crippen LogP contribution in [-0.4, -0.2) is 59.0 Å². The Morgan fingerprint density at radius 3 is 1.92 bits per heavy atom. The monoisotopic (exact) mass is 904 g/mol. The van der Waals surface area contributed by atoms with E-state index in [1.165, 1.54) is 49.6 Å². The van der Waals surface area contributed by atoms with Crippen molar-refractivity contribution in [2.45, 2.75) is 32.4 Å². The predicted octanol–water partition coefficient (Wildman–Crippen LogP) is 8.19. The predicted molar refractivity (Wildman–Crippen MR) is 232 cm³/mol. The van der Waals surface area contributed by atoms with Crippen LogP contribution in [0.15, 0.2) is 108 Å². The zero-order valence-electron chi connectivity index (χ0n) is 33.7. The molecule has 6 heterocycles. The second kappa shape index (κ2) is 17.2. The summed E-state index contributed by atoms with van der Waals surface area (Å²) < 4.78 is 73.4. The average Bonchev–Trinajstić information content (AvgIpc) is 3.98. The maximum atomic E-state index is 14.8. The molecule has 2 atom stereocenters. The second-order valence-corrected chi connectivity index (χ2v) is 14.7. The number of H-pyrrole nitrogens is 2. The normalized spacial score (nSPS) is 12.4. The van der Waals surface area contributed by atoms with Gasteiger partial charge < -0.3 is 20.6 Å². The van der Waals surface area contributed by atoms with Gasteiger partial charge in [-0.25, -0.2) is 61.8 Å². The number of rotatable bonds is 9. The van der Waals surface area contributed by atoms with E-state index in [1.54, 1.807) is 19.1 Å². The number of nitrogens with one attached hydrogen (secondary N) is 4. The number of hydrogen-bond acceptors (Lipinski definition) is 12. The highest BCUT2D eigenvalue weighted by atomic mass is 35.5. The fourth-order valence-electron chi connectivity index (χ4n) is 7.27. The van der Waals surface area contributed by atoms with Crippen molar-refractivity contribution in [1.29, 1.82) is 0 Å². The second-order valence-electron chi connectivity index (χ2n) is 14.3. The van der Waals surface area contributed by atoms with E-state index in [0.29, 0.717) is 52.0 Å². The van der Waals surface area contributed by atoms with E-state index < -0.39 is 58.0 Å². The molecule has 0 bridgehead atoms. The van der Waals surface area contributed by atoms with E-state index in [0.717, 1.165) is 39.5 Å². The smallest absolute Gasteiger partial charge is 0.267 e. The zero-order valence-corrected chi connectivity index (χ0v) is 34.4. The molecule has 0 aliphatic rings. The van der Waals surface area contributed by atoms with Crippen molar-refractivity contribution < 1.29 is 22.0 Å². The van der Waals surface area contributed by atoms with Gasteiger partial charge in [0.05, 0.1) is 57.3 Å². The molecule has 4 N–H and O–H groups in total. The lowest BCUT2D eigenvalue weighted by Crippen LogP contribution is -2.29. The summed E-state index contributed by atoms with van der Waals surface area (Å²) in [6.45, 7) is 3.54. The van der Waals surface area contributed by atoms with Gasteiger partial charge in [-0.3, -0.25) is 18.7 Å². The van der Waals surface area contributed by atoms with Gasteiger partial charge in [0, 0.05) is 6.07 Å². The molecule has 4 aromatic carbocycles. The summed E-state index contributed by atoms with van der Waals surface area (Å²) in [7, 11) is 0. The van der Waals surface area contributed by atoms with Crippen molar-refractivity contribution in [1.82, 2.24) is 59.0 Å². The number of aromatic amines is 2. The maximum Gasteiger partial charge on any atom is 0.267 e. The van der Waals surface area contributed by atoms with Gasteiger partial charge in [-0.15, -0.1) is 0 Å². The Labute approximate surface area is 366 Å². The lowest BCUT2D eigenvalue weighted by atomic mass is 10.1. The number of benzene rings is 4. The Kier molecular flexibility index (Phi) is 11.1. The van der Waals surface area contributed by atoms with Crippen LogP contribution in [0.1, 0.15) is 44.0 Å². The number of anilines is 2. The van der Waals surface area contributed by atoms with Crippen LogP contribution in [0.25, 0.3) is 55.5 Å².